The molecule has 2 aliphatic heterocycles. The molecule has 2 amide bonds. The Balaban J connectivity index is 1.44. The molecule has 0 unspecified atom stereocenters. The number of hydrogen-bond donors (Lipinski definition) is 1. The summed E-state index contributed by atoms with van der Waals surface area (Å²) in [6.07, 6.45) is 4.11. The zero-order valence-electron chi connectivity index (χ0n) is 15.5. The van der Waals surface area contributed by atoms with Gasteiger partial charge >= 0.3 is 0 Å². The Hall–Kier alpha value is -2.73. The van der Waals surface area contributed by atoms with E-state index in [9.17, 15) is 9.59 Å². The normalized spacial score (nSPS) is 19.4. The van der Waals surface area contributed by atoms with E-state index in [1.165, 1.54) is 0 Å². The average molecular weight is 391 g/mol. The maximum atomic E-state index is 13.3. The first-order valence-electron chi connectivity index (χ1n) is 9.78. The molecule has 2 aromatic carbocycles. The van der Waals surface area contributed by atoms with Crippen molar-refractivity contribution in [2.45, 2.75) is 38.1 Å². The minimum absolute atomic E-state index is 0.0448. The molecule has 5 rings (SSSR count). The lowest BCUT2D eigenvalue weighted by Gasteiger charge is -2.23. The van der Waals surface area contributed by atoms with Crippen molar-refractivity contribution in [3.8, 4) is 0 Å². The number of fused-ring (bicyclic) bond motifs is 2. The fraction of sp³-hybridized carbons (Fsp3) is 0.318. The molecular weight excluding hydrogens is 370 g/mol. The fourth-order valence-electron chi connectivity index (χ4n) is 4.17. The number of nitrogens with zero attached hydrogens (tertiary/aromatic N) is 2. The quantitative estimate of drug-likeness (QED) is 0.697. The second-order valence-electron chi connectivity index (χ2n) is 7.45. The van der Waals surface area contributed by atoms with Crippen molar-refractivity contribution >= 4 is 39.1 Å². The van der Waals surface area contributed by atoms with Gasteiger partial charge in [0, 0.05) is 24.2 Å². The van der Waals surface area contributed by atoms with Crippen LogP contribution in [-0.2, 0) is 11.2 Å². The van der Waals surface area contributed by atoms with Crippen molar-refractivity contribution in [2.75, 3.05) is 11.9 Å². The second-order valence-corrected chi connectivity index (χ2v) is 8.51. The van der Waals surface area contributed by atoms with E-state index in [2.05, 4.69) is 11.4 Å². The summed E-state index contributed by atoms with van der Waals surface area (Å²) < 4.78 is 1.16. The van der Waals surface area contributed by atoms with E-state index in [1.807, 2.05) is 41.3 Å². The van der Waals surface area contributed by atoms with Gasteiger partial charge in [-0.1, -0.05) is 12.1 Å². The Labute approximate surface area is 167 Å². The number of amides is 2. The van der Waals surface area contributed by atoms with E-state index < -0.39 is 0 Å². The van der Waals surface area contributed by atoms with E-state index in [-0.39, 0.29) is 17.9 Å². The smallest absolute Gasteiger partial charge is 0.254 e. The number of carbonyl (C=O) groups excluding carboxylic acids is 2. The van der Waals surface area contributed by atoms with Crippen LogP contribution >= 0.6 is 11.3 Å². The molecule has 28 heavy (non-hydrogen) atoms. The van der Waals surface area contributed by atoms with Crippen molar-refractivity contribution in [2.24, 2.45) is 0 Å². The van der Waals surface area contributed by atoms with Crippen molar-refractivity contribution in [1.29, 1.82) is 0 Å². The molecule has 6 heteroatoms. The number of rotatable bonds is 2. The van der Waals surface area contributed by atoms with Crippen LogP contribution in [0.3, 0.4) is 0 Å². The molecule has 142 valence electrons. The molecule has 0 spiro atoms. The maximum Gasteiger partial charge on any atom is 0.254 e. The van der Waals surface area contributed by atoms with Gasteiger partial charge in [0.05, 0.1) is 16.3 Å². The van der Waals surface area contributed by atoms with E-state index >= 15 is 0 Å². The van der Waals surface area contributed by atoms with Gasteiger partial charge in [-0.25, -0.2) is 4.98 Å². The van der Waals surface area contributed by atoms with Crippen LogP contribution in [-0.4, -0.2) is 28.2 Å². The molecule has 3 heterocycles. The highest BCUT2D eigenvalue weighted by molar-refractivity contribution is 7.18. The highest BCUT2D eigenvalue weighted by Crippen LogP contribution is 2.37. The van der Waals surface area contributed by atoms with Crippen LogP contribution in [0.25, 0.3) is 10.2 Å². The lowest BCUT2D eigenvalue weighted by atomic mass is 10.0. The monoisotopic (exact) mass is 391 g/mol. The molecule has 0 bridgehead atoms. The van der Waals surface area contributed by atoms with Crippen LogP contribution in [0.4, 0.5) is 5.69 Å². The zero-order valence-corrected chi connectivity index (χ0v) is 16.3. The number of aryl methyl sites for hydroxylation is 1. The molecule has 3 aromatic rings. The summed E-state index contributed by atoms with van der Waals surface area (Å²) in [7, 11) is 0. The first kappa shape index (κ1) is 17.4. The summed E-state index contributed by atoms with van der Waals surface area (Å²) in [6, 6.07) is 13.8. The number of thiazole rings is 1. The van der Waals surface area contributed by atoms with Gasteiger partial charge < -0.3 is 10.2 Å². The van der Waals surface area contributed by atoms with Gasteiger partial charge in [-0.05, 0) is 61.6 Å². The molecule has 1 N–H and O–H groups in total. The minimum atomic E-state index is 0.0448. The Bertz CT molecular complexity index is 1040. The standard InChI is InChI=1S/C22H21N3O2S/c26-20-9-3-5-14-13-15(10-11-16(14)23-20)22(27)25-12-4-7-18(25)21-24-17-6-1-2-8-19(17)28-21/h1-2,6,8,10-11,13,18H,3-5,7,9,12H2,(H,23,26)/t18-/m1/s1. The molecule has 1 atom stereocenters. The summed E-state index contributed by atoms with van der Waals surface area (Å²) in [5.74, 6) is 0.105. The van der Waals surface area contributed by atoms with Gasteiger partial charge in [0.1, 0.15) is 5.01 Å². The third-order valence-electron chi connectivity index (χ3n) is 5.59. The summed E-state index contributed by atoms with van der Waals surface area (Å²) in [4.78, 5) is 31.8. The maximum absolute atomic E-state index is 13.3. The highest BCUT2D eigenvalue weighted by Gasteiger charge is 2.33. The van der Waals surface area contributed by atoms with Crippen LogP contribution in [0.5, 0.6) is 0 Å². The summed E-state index contributed by atoms with van der Waals surface area (Å²) >= 11 is 1.68. The first-order valence-corrected chi connectivity index (χ1v) is 10.6. The van der Waals surface area contributed by atoms with Gasteiger partial charge in [0.2, 0.25) is 5.91 Å². The summed E-state index contributed by atoms with van der Waals surface area (Å²) in [5.41, 5.74) is 3.58. The number of hydrogen-bond acceptors (Lipinski definition) is 4. The summed E-state index contributed by atoms with van der Waals surface area (Å²) in [6.45, 7) is 0.757. The van der Waals surface area contributed by atoms with E-state index in [4.69, 9.17) is 4.98 Å². The molecule has 1 fully saturated rings. The minimum Gasteiger partial charge on any atom is -0.329 e. The van der Waals surface area contributed by atoms with Crippen molar-refractivity contribution in [3.63, 3.8) is 0 Å². The number of carbonyl (C=O) groups is 2. The Kier molecular flexibility index (Phi) is 4.36. The number of likely N-dealkylation sites (tertiary alicyclic amines) is 1. The molecule has 1 aromatic heterocycles. The lowest BCUT2D eigenvalue weighted by Crippen LogP contribution is -2.30. The van der Waals surface area contributed by atoms with Crippen molar-refractivity contribution < 1.29 is 9.59 Å². The SMILES string of the molecule is O=C1CCCc2cc(C(=O)N3CCC[C@@H]3c3nc4ccccc4s3)ccc2N1. The Morgan fingerprint density at radius 3 is 2.93 bits per heavy atom. The van der Waals surface area contributed by atoms with Gasteiger partial charge in [-0.3, -0.25) is 9.59 Å². The number of anilines is 1. The lowest BCUT2D eigenvalue weighted by molar-refractivity contribution is -0.116. The summed E-state index contributed by atoms with van der Waals surface area (Å²) in [5, 5.41) is 3.96. The number of nitrogens with one attached hydrogen (secondary N) is 1. The molecule has 0 aliphatic carbocycles. The van der Waals surface area contributed by atoms with Crippen LogP contribution in [0.1, 0.15) is 52.7 Å². The molecule has 1 saturated heterocycles. The largest absolute Gasteiger partial charge is 0.329 e. The number of benzene rings is 2. The average Bonchev–Trinajstić information content (AvgIpc) is 3.30. The molecule has 5 nitrogen and oxygen atoms in total. The Morgan fingerprint density at radius 1 is 1.14 bits per heavy atom. The van der Waals surface area contributed by atoms with Gasteiger partial charge in [0.15, 0.2) is 0 Å². The molecule has 2 aliphatic rings. The highest BCUT2D eigenvalue weighted by atomic mass is 32.1. The fourth-order valence-corrected chi connectivity index (χ4v) is 5.29. The zero-order chi connectivity index (χ0) is 19.1. The predicted molar refractivity (Wildman–Crippen MR) is 111 cm³/mol. The second kappa shape index (κ2) is 7.02. The van der Waals surface area contributed by atoms with Gasteiger partial charge in [-0.2, -0.15) is 0 Å². The molecule has 0 saturated carbocycles. The first-order chi connectivity index (χ1) is 13.7. The predicted octanol–water partition coefficient (Wildman–Crippen LogP) is 4.55. The topological polar surface area (TPSA) is 62.3 Å². The van der Waals surface area contributed by atoms with Gasteiger partial charge in [-0.15, -0.1) is 11.3 Å². The Morgan fingerprint density at radius 2 is 2.04 bits per heavy atom. The van der Waals surface area contributed by atoms with E-state index in [1.54, 1.807) is 11.3 Å². The molecular formula is C22H21N3O2S. The third kappa shape index (κ3) is 3.07. The third-order valence-corrected chi connectivity index (χ3v) is 6.72. The van der Waals surface area contributed by atoms with E-state index in [0.29, 0.717) is 12.0 Å². The van der Waals surface area contributed by atoms with Crippen LogP contribution in [0.2, 0.25) is 0 Å². The van der Waals surface area contributed by atoms with Crippen molar-refractivity contribution in [1.82, 2.24) is 9.88 Å². The van der Waals surface area contributed by atoms with Gasteiger partial charge in [0.25, 0.3) is 5.91 Å². The van der Waals surface area contributed by atoms with Crippen LogP contribution in [0, 0.1) is 0 Å². The van der Waals surface area contributed by atoms with E-state index in [0.717, 1.165) is 58.7 Å². The number of aromatic nitrogens is 1. The van der Waals surface area contributed by atoms with Crippen LogP contribution < -0.4 is 5.32 Å². The number of para-hydroxylation sites is 1. The molecule has 0 radical (unpaired) electrons. The van der Waals surface area contributed by atoms with Crippen LogP contribution in [0.15, 0.2) is 42.5 Å². The van der Waals surface area contributed by atoms with Crippen molar-refractivity contribution in [3.05, 3.63) is 58.6 Å².